The molecule has 19 heavy (non-hydrogen) atoms. The van der Waals surface area contributed by atoms with Gasteiger partial charge in [-0.1, -0.05) is 11.6 Å². The minimum absolute atomic E-state index is 0.112. The van der Waals surface area contributed by atoms with Gasteiger partial charge in [0.15, 0.2) is 17.8 Å². The summed E-state index contributed by atoms with van der Waals surface area (Å²) in [5, 5.41) is 0.268. The van der Waals surface area contributed by atoms with Crippen molar-refractivity contribution in [3.8, 4) is 22.6 Å². The molecule has 0 aliphatic carbocycles. The van der Waals surface area contributed by atoms with Gasteiger partial charge in [0.25, 0.3) is 0 Å². The molecule has 0 bridgehead atoms. The Morgan fingerprint density at radius 1 is 1.11 bits per heavy atom. The maximum atomic E-state index is 13.4. The van der Waals surface area contributed by atoms with Crippen LogP contribution in [0.5, 0.6) is 11.5 Å². The highest BCUT2D eigenvalue weighted by Crippen LogP contribution is 2.38. The fourth-order valence-electron chi connectivity index (χ4n) is 2.01. The molecule has 2 aromatic carbocycles. The number of rotatable bonds is 2. The van der Waals surface area contributed by atoms with E-state index >= 15 is 0 Å². The molecule has 3 rings (SSSR count). The molecule has 5 heteroatoms. The van der Waals surface area contributed by atoms with Crippen LogP contribution in [0.4, 0.5) is 4.39 Å². The molecule has 0 amide bonds. The van der Waals surface area contributed by atoms with E-state index in [0.29, 0.717) is 34.5 Å². The van der Waals surface area contributed by atoms with E-state index in [1.54, 1.807) is 18.2 Å². The lowest BCUT2D eigenvalue weighted by molar-refractivity contribution is 0.112. The molecule has 0 spiro atoms. The van der Waals surface area contributed by atoms with E-state index in [-0.39, 0.29) is 11.8 Å². The van der Waals surface area contributed by atoms with Crippen LogP contribution in [-0.4, -0.2) is 13.1 Å². The third kappa shape index (κ3) is 2.15. The summed E-state index contributed by atoms with van der Waals surface area (Å²) in [7, 11) is 0. The van der Waals surface area contributed by atoms with Crippen LogP contribution in [0.3, 0.4) is 0 Å². The summed E-state index contributed by atoms with van der Waals surface area (Å²) in [4.78, 5) is 11.1. The van der Waals surface area contributed by atoms with Gasteiger partial charge in [-0.05, 0) is 41.5 Å². The Kier molecular flexibility index (Phi) is 2.87. The smallest absolute Gasteiger partial charge is 0.231 e. The van der Waals surface area contributed by atoms with E-state index < -0.39 is 5.82 Å². The van der Waals surface area contributed by atoms with Crippen molar-refractivity contribution in [2.45, 2.75) is 0 Å². The van der Waals surface area contributed by atoms with Gasteiger partial charge in [0, 0.05) is 10.6 Å². The normalized spacial score (nSPS) is 12.5. The lowest BCUT2D eigenvalue weighted by Gasteiger charge is -2.08. The molecule has 2 aromatic rings. The Balaban J connectivity index is 2.21. The van der Waals surface area contributed by atoms with Crippen molar-refractivity contribution >= 4 is 17.9 Å². The van der Waals surface area contributed by atoms with Gasteiger partial charge in [-0.25, -0.2) is 4.39 Å². The first-order valence-electron chi connectivity index (χ1n) is 5.52. The van der Waals surface area contributed by atoms with Crippen LogP contribution in [0.25, 0.3) is 11.1 Å². The summed E-state index contributed by atoms with van der Waals surface area (Å²) >= 11 is 5.83. The number of hydrogen-bond acceptors (Lipinski definition) is 3. The van der Waals surface area contributed by atoms with Gasteiger partial charge in [0.2, 0.25) is 6.79 Å². The Morgan fingerprint density at radius 3 is 2.53 bits per heavy atom. The average Bonchev–Trinajstić information content (AvgIpc) is 2.83. The van der Waals surface area contributed by atoms with Gasteiger partial charge in [-0.15, -0.1) is 0 Å². The Labute approximate surface area is 113 Å². The zero-order valence-electron chi connectivity index (χ0n) is 9.65. The first-order valence-corrected chi connectivity index (χ1v) is 5.90. The molecule has 1 aliphatic rings. The molecule has 0 N–H and O–H groups in total. The zero-order chi connectivity index (χ0) is 13.4. The van der Waals surface area contributed by atoms with Crippen LogP contribution in [0.15, 0.2) is 30.3 Å². The van der Waals surface area contributed by atoms with Crippen LogP contribution in [0, 0.1) is 5.82 Å². The van der Waals surface area contributed by atoms with Crippen molar-refractivity contribution in [1.29, 1.82) is 0 Å². The Hall–Kier alpha value is -2.07. The highest BCUT2D eigenvalue weighted by Gasteiger charge is 2.18. The maximum absolute atomic E-state index is 13.4. The van der Waals surface area contributed by atoms with E-state index in [1.165, 1.54) is 12.1 Å². The molecule has 0 aromatic heterocycles. The monoisotopic (exact) mass is 278 g/mol. The predicted octanol–water partition coefficient (Wildman–Crippen LogP) is 3.69. The third-order valence-corrected chi connectivity index (χ3v) is 3.06. The zero-order valence-corrected chi connectivity index (χ0v) is 10.4. The fraction of sp³-hybridized carbons (Fsp3) is 0.0714. The molecule has 0 unspecified atom stereocenters. The molecular formula is C14H8ClFO3. The van der Waals surface area contributed by atoms with Crippen LogP contribution in [0.1, 0.15) is 10.4 Å². The summed E-state index contributed by atoms with van der Waals surface area (Å²) in [6, 6.07) is 7.34. The fourth-order valence-corrected chi connectivity index (χ4v) is 2.24. The molecule has 0 atom stereocenters. The van der Waals surface area contributed by atoms with E-state index in [4.69, 9.17) is 21.1 Å². The number of carbonyl (C=O) groups excluding carboxylic acids is 1. The Morgan fingerprint density at radius 2 is 1.84 bits per heavy atom. The van der Waals surface area contributed by atoms with Crippen LogP contribution in [0.2, 0.25) is 5.02 Å². The van der Waals surface area contributed by atoms with Crippen molar-refractivity contribution in [3.05, 3.63) is 46.7 Å². The summed E-state index contributed by atoms with van der Waals surface area (Å²) in [5.41, 5.74) is 1.47. The quantitative estimate of drug-likeness (QED) is 0.786. The molecule has 1 heterocycles. The van der Waals surface area contributed by atoms with Gasteiger partial charge in [0.05, 0.1) is 0 Å². The average molecular weight is 279 g/mol. The lowest BCUT2D eigenvalue weighted by atomic mass is 9.99. The van der Waals surface area contributed by atoms with Crippen molar-refractivity contribution < 1.29 is 18.7 Å². The second kappa shape index (κ2) is 4.55. The maximum Gasteiger partial charge on any atom is 0.231 e. The standard InChI is InChI=1S/C14H8ClFO3/c15-10-1-8(2-11(16)4-10)12-5-14-13(18-7-19-14)3-9(12)6-17/h1-6H,7H2. The predicted molar refractivity (Wildman–Crippen MR) is 68.4 cm³/mol. The summed E-state index contributed by atoms with van der Waals surface area (Å²) in [5.74, 6) is 0.575. The molecule has 0 fully saturated rings. The molecule has 96 valence electrons. The Bertz CT molecular complexity index is 650. The third-order valence-electron chi connectivity index (χ3n) is 2.85. The number of benzene rings is 2. The van der Waals surface area contributed by atoms with Crippen LogP contribution in [-0.2, 0) is 0 Å². The number of ether oxygens (including phenoxy) is 2. The second-order valence-electron chi connectivity index (χ2n) is 4.07. The minimum atomic E-state index is -0.461. The summed E-state index contributed by atoms with van der Waals surface area (Å²) in [6.07, 6.45) is 0.691. The molecule has 1 aliphatic heterocycles. The van der Waals surface area contributed by atoms with Gasteiger partial charge in [-0.2, -0.15) is 0 Å². The first-order chi connectivity index (χ1) is 9.17. The first kappa shape index (κ1) is 12.0. The van der Waals surface area contributed by atoms with Gasteiger partial charge >= 0.3 is 0 Å². The molecule has 0 radical (unpaired) electrons. The van der Waals surface area contributed by atoms with Crippen LogP contribution < -0.4 is 9.47 Å². The number of fused-ring (bicyclic) bond motifs is 1. The van der Waals surface area contributed by atoms with Crippen molar-refractivity contribution in [2.75, 3.05) is 6.79 Å². The van der Waals surface area contributed by atoms with Crippen LogP contribution >= 0.6 is 11.6 Å². The second-order valence-corrected chi connectivity index (χ2v) is 4.51. The topological polar surface area (TPSA) is 35.5 Å². The van der Waals surface area contributed by atoms with E-state index in [2.05, 4.69) is 0 Å². The molecular weight excluding hydrogens is 271 g/mol. The number of carbonyl (C=O) groups is 1. The van der Waals surface area contributed by atoms with E-state index in [9.17, 15) is 9.18 Å². The SMILES string of the molecule is O=Cc1cc2c(cc1-c1cc(F)cc(Cl)c1)OCO2. The number of halogens is 2. The molecule has 0 saturated carbocycles. The highest BCUT2D eigenvalue weighted by molar-refractivity contribution is 6.30. The molecule has 3 nitrogen and oxygen atoms in total. The largest absolute Gasteiger partial charge is 0.454 e. The highest BCUT2D eigenvalue weighted by atomic mass is 35.5. The van der Waals surface area contributed by atoms with Gasteiger partial charge in [-0.3, -0.25) is 4.79 Å². The van der Waals surface area contributed by atoms with Gasteiger partial charge in [0.1, 0.15) is 5.82 Å². The van der Waals surface area contributed by atoms with Crippen molar-refractivity contribution in [1.82, 2.24) is 0 Å². The van der Waals surface area contributed by atoms with Crippen molar-refractivity contribution in [3.63, 3.8) is 0 Å². The minimum Gasteiger partial charge on any atom is -0.454 e. The molecule has 0 saturated heterocycles. The number of aldehydes is 1. The summed E-state index contributed by atoms with van der Waals surface area (Å²) < 4.78 is 23.8. The van der Waals surface area contributed by atoms with Gasteiger partial charge < -0.3 is 9.47 Å². The van der Waals surface area contributed by atoms with Crippen molar-refractivity contribution in [2.24, 2.45) is 0 Å². The number of hydrogen-bond donors (Lipinski definition) is 0. The summed E-state index contributed by atoms with van der Waals surface area (Å²) in [6.45, 7) is 0.112. The van der Waals surface area contributed by atoms with E-state index in [0.717, 1.165) is 0 Å². The van der Waals surface area contributed by atoms with E-state index in [1.807, 2.05) is 0 Å². The lowest BCUT2D eigenvalue weighted by Crippen LogP contribution is -1.92.